The summed E-state index contributed by atoms with van der Waals surface area (Å²) < 4.78 is 72.5. The first-order chi connectivity index (χ1) is 40.2. The number of hydrogen-bond donors (Lipinski definition) is 8. The number of Topliss-reactive ketones (excluding diaryl/α,β-unsaturated/α-hetero) is 1. The van der Waals surface area contributed by atoms with Crippen molar-refractivity contribution in [2.24, 2.45) is 0 Å². The summed E-state index contributed by atoms with van der Waals surface area (Å²) in [5.74, 6) is 11.3. The summed E-state index contributed by atoms with van der Waals surface area (Å²) in [5, 5.41) is 62.7. The molecule has 4 heterocycles. The highest BCUT2D eigenvalue weighted by molar-refractivity contribution is 14.1. The molecule has 29 heteroatoms. The van der Waals surface area contributed by atoms with Crippen LogP contribution in [0.4, 0.5) is 4.79 Å². The molecule has 0 saturated carbocycles. The summed E-state index contributed by atoms with van der Waals surface area (Å²) in [4.78, 5) is 47.5. The Morgan fingerprint density at radius 3 is 2.27 bits per heavy atom. The molecule has 24 nitrogen and oxygen atoms in total. The van der Waals surface area contributed by atoms with Gasteiger partial charge in [-0.3, -0.25) is 19.7 Å². The van der Waals surface area contributed by atoms with Gasteiger partial charge in [0.1, 0.15) is 36.6 Å². The highest BCUT2D eigenvalue weighted by atomic mass is 127. The van der Waals surface area contributed by atoms with Crippen LogP contribution < -0.4 is 30.3 Å². The maximum Gasteiger partial charge on any atom is 0.411 e. The maximum atomic E-state index is 14.4. The Labute approximate surface area is 517 Å². The summed E-state index contributed by atoms with van der Waals surface area (Å²) >= 11 is 2.83. The number of alkyl carbamates (subject to hydrolysis) is 1. The van der Waals surface area contributed by atoms with E-state index in [9.17, 15) is 39.9 Å². The van der Waals surface area contributed by atoms with E-state index in [1.165, 1.54) is 64.9 Å². The normalized spacial score (nSPS) is 35.9. The first kappa shape index (κ1) is 68.5. The van der Waals surface area contributed by atoms with Crippen molar-refractivity contribution in [3.05, 3.63) is 49.8 Å². The third kappa shape index (κ3) is 15.7. The highest BCUT2D eigenvalue weighted by Crippen LogP contribution is 2.49. The van der Waals surface area contributed by atoms with Crippen LogP contribution in [-0.2, 0) is 52.3 Å². The molecule has 0 aromatic heterocycles. The van der Waals surface area contributed by atoms with Gasteiger partial charge in [0.15, 0.2) is 41.8 Å². The lowest BCUT2D eigenvalue weighted by Gasteiger charge is -2.46. The molecule has 7 rings (SSSR count). The monoisotopic (exact) mass is 1370 g/mol. The van der Waals surface area contributed by atoms with Gasteiger partial charge >= 0.3 is 6.09 Å². The zero-order valence-electron chi connectivity index (χ0n) is 48.1. The molecule has 8 N–H and O–H groups in total. The minimum absolute atomic E-state index is 0.0155. The van der Waals surface area contributed by atoms with Crippen LogP contribution in [-0.4, -0.2) is 218 Å². The Hall–Kier alpha value is -2.94. The van der Waals surface area contributed by atoms with Gasteiger partial charge in [-0.2, -0.15) is 5.48 Å². The average Bonchev–Trinajstić information content (AvgIpc) is 1.36. The van der Waals surface area contributed by atoms with E-state index in [0.29, 0.717) is 21.4 Å². The van der Waals surface area contributed by atoms with Crippen LogP contribution in [0.1, 0.15) is 62.9 Å². The fourth-order valence-electron chi connectivity index (χ4n) is 10.5. The van der Waals surface area contributed by atoms with Gasteiger partial charge in [0.2, 0.25) is 17.2 Å². The molecule has 19 atom stereocenters. The van der Waals surface area contributed by atoms with E-state index in [1.807, 2.05) is 35.8 Å². The number of thioether (sulfide) groups is 1. The minimum atomic E-state index is -2.05. The predicted molar refractivity (Wildman–Crippen MR) is 320 cm³/mol. The van der Waals surface area contributed by atoms with Gasteiger partial charge in [-0.15, -0.1) is 0 Å². The number of aliphatic hydroxyl groups is 5. The van der Waals surface area contributed by atoms with Gasteiger partial charge in [0, 0.05) is 44.0 Å². The second-order valence-corrected chi connectivity index (χ2v) is 26.7. The molecular weight excluding hydrogens is 1290 g/mol. The van der Waals surface area contributed by atoms with E-state index in [2.05, 4.69) is 39.8 Å². The molecule has 0 unspecified atom stereocenters. The molecule has 1 aromatic rings. The Morgan fingerprint density at radius 1 is 0.881 bits per heavy atom. The molecule has 6 aliphatic rings. The number of rotatable bonds is 22. The first-order valence-corrected chi connectivity index (χ1v) is 32.9. The van der Waals surface area contributed by atoms with E-state index in [-0.39, 0.29) is 71.2 Å². The maximum absolute atomic E-state index is 14.4. The molecule has 4 aliphatic heterocycles. The Kier molecular flexibility index (Phi) is 25.7. The molecular formula is C55H74IN3O21S4. The lowest BCUT2D eigenvalue weighted by Crippen LogP contribution is -2.65. The van der Waals surface area contributed by atoms with E-state index in [0.717, 1.165) is 18.9 Å². The summed E-state index contributed by atoms with van der Waals surface area (Å²) in [6.07, 6.45) is -11.9. The number of carbonyl (C=O) groups excluding carboxylic acids is 3. The highest BCUT2D eigenvalue weighted by Gasteiger charge is 2.52. The Bertz CT molecular complexity index is 2710. The number of hydroxylamine groups is 1. The zero-order valence-corrected chi connectivity index (χ0v) is 53.6. The summed E-state index contributed by atoms with van der Waals surface area (Å²) in [5.41, 5.74) is 1.30. The minimum Gasteiger partial charge on any atom is -0.492 e. The second-order valence-electron chi connectivity index (χ2n) is 20.1. The van der Waals surface area contributed by atoms with Crippen molar-refractivity contribution in [3.63, 3.8) is 0 Å². The number of benzene rings is 1. The first-order valence-electron chi connectivity index (χ1n) is 26.9. The molecule has 2 bridgehead atoms. The van der Waals surface area contributed by atoms with Gasteiger partial charge in [-0.05, 0) is 90.6 Å². The fourth-order valence-corrected chi connectivity index (χ4v) is 14.7. The van der Waals surface area contributed by atoms with Gasteiger partial charge in [-0.25, -0.2) is 4.79 Å². The third-order valence-electron chi connectivity index (χ3n) is 14.8. The number of ketones is 1. The van der Waals surface area contributed by atoms with Crippen LogP contribution in [0.5, 0.6) is 17.2 Å². The van der Waals surface area contributed by atoms with Crippen LogP contribution in [0.25, 0.3) is 0 Å². The Balaban J connectivity index is 1.12. The summed E-state index contributed by atoms with van der Waals surface area (Å²) in [6, 6.07) is -1.27. The molecule has 4 fully saturated rings. The number of likely N-dealkylation sites (N-methyl/N-ethyl adjacent to an activating group) is 1. The van der Waals surface area contributed by atoms with E-state index >= 15 is 0 Å². The number of amides is 1. The van der Waals surface area contributed by atoms with E-state index < -0.39 is 127 Å². The van der Waals surface area contributed by atoms with Crippen LogP contribution >= 0.6 is 65.8 Å². The van der Waals surface area contributed by atoms with Crippen LogP contribution in [0.3, 0.4) is 0 Å². The topological polar surface area (TPSA) is 308 Å². The SMILES string of the molecule is CCN[C@H]1CO[C@@H](O[C@H]2[C@H](O[C@H]3C#C/C=C\C#C[C@@]4(O)CC(=O)C(NC(=O)OC)=C3/C4=C\CSSSC)O[C@H](C)[C@@H](NO[C@H]3C[C@H](O)[C@H](SC(=O)c4c(C)c(I)c(O[C@@H]5O[C@@H](C)[C@H](O)[C@@H](OC)[C@H]5O)c(OC)c4OC)[C@@H](C)O3)[C@@H]2O)C[C@@H]1OC. The fraction of sp³-hybridized carbons (Fsp3) is 0.655. The van der Waals surface area contributed by atoms with Gasteiger partial charge in [0.05, 0.1) is 97.0 Å². The van der Waals surface area contributed by atoms with Crippen molar-refractivity contribution < 1.29 is 102 Å². The van der Waals surface area contributed by atoms with Crippen molar-refractivity contribution in [2.75, 3.05) is 60.7 Å². The van der Waals surface area contributed by atoms with Crippen LogP contribution in [0.2, 0.25) is 0 Å². The average molecular weight is 1370 g/mol. The van der Waals surface area contributed by atoms with Crippen molar-refractivity contribution in [3.8, 4) is 40.9 Å². The number of nitrogens with one attached hydrogen (secondary N) is 3. The smallest absolute Gasteiger partial charge is 0.411 e. The van der Waals surface area contributed by atoms with Gasteiger partial charge < -0.3 is 87.7 Å². The van der Waals surface area contributed by atoms with Crippen molar-refractivity contribution in [2.45, 2.75) is 169 Å². The number of halogens is 1. The molecule has 4 saturated heterocycles. The molecule has 0 radical (unpaired) electrons. The lowest BCUT2D eigenvalue weighted by molar-refractivity contribution is -0.336. The summed E-state index contributed by atoms with van der Waals surface area (Å²) in [6.45, 7) is 9.41. The van der Waals surface area contributed by atoms with E-state index in [1.54, 1.807) is 40.9 Å². The number of aliphatic hydroxyl groups excluding tert-OH is 4. The van der Waals surface area contributed by atoms with Crippen LogP contribution in [0.15, 0.2) is 35.1 Å². The molecule has 466 valence electrons. The standard InChI is InChI=1S/C55H74IN3O21S4/c1-12-57-30-24-73-35(22-34(30)68-6)78-48-43(63)40(26(3)75-53(48)77-33-17-15-13-14-16-19-55(67)23-32(61)41(58-54(66)72-10)38(33)29(55)18-20-82-84-81-11)59-80-36-21-31(60)50(28(5)74-36)83-51(65)37-25(2)39(56)46(49(71-9)45(37)69-7)79-52-44(64)47(70-8)42(62)27(4)76-52/h13-14,18,26-28,30-31,33-36,40,42-44,47-48,50,52-53,57,59-60,62-64,67H,12,20-24H2,1-11H3,(H,58,66)/b14-13-,29-18+/t26-,27+,28-,30+,31+,33+,34+,35+,36+,40-,42+,43+,44-,47-,48-,50-,52+,53+,55-/m1/s1. The lowest BCUT2D eigenvalue weighted by atomic mass is 9.75. The zero-order chi connectivity index (χ0) is 61.2. The molecule has 2 aliphatic carbocycles. The number of hydrogen-bond acceptors (Lipinski definition) is 27. The molecule has 1 amide bonds. The van der Waals surface area contributed by atoms with Crippen molar-refractivity contribution in [1.29, 1.82) is 0 Å². The molecule has 84 heavy (non-hydrogen) atoms. The number of methoxy groups -OCH3 is 5. The number of ether oxygens (including phenoxy) is 12. The van der Waals surface area contributed by atoms with E-state index in [4.69, 9.17) is 61.7 Å². The van der Waals surface area contributed by atoms with Gasteiger partial charge in [-0.1, -0.05) is 70.0 Å². The van der Waals surface area contributed by atoms with Crippen molar-refractivity contribution in [1.82, 2.24) is 16.1 Å². The second kappa shape index (κ2) is 31.5. The summed E-state index contributed by atoms with van der Waals surface area (Å²) in [7, 11) is 11.3. The van der Waals surface area contributed by atoms with Gasteiger partial charge in [0.25, 0.3) is 0 Å². The number of allylic oxidation sites excluding steroid dienone is 3. The predicted octanol–water partition coefficient (Wildman–Crippen LogP) is 3.20. The molecule has 1 aromatic carbocycles. The Morgan fingerprint density at radius 2 is 1.61 bits per heavy atom. The quantitative estimate of drug-likeness (QED) is 0.0272. The number of carbonyl (C=O) groups is 3. The van der Waals surface area contributed by atoms with Crippen molar-refractivity contribution >= 4 is 82.8 Å². The molecule has 0 spiro atoms. The van der Waals surface area contributed by atoms with Crippen LogP contribution in [0, 0.1) is 34.2 Å². The number of fused-ring (bicyclic) bond motifs is 2. The largest absolute Gasteiger partial charge is 0.492 e. The third-order valence-corrected chi connectivity index (χ3v) is 21.2.